The molecule has 0 atom stereocenters. The van der Waals surface area contributed by atoms with Crippen LogP contribution in [-0.2, 0) is 17.0 Å². The number of ether oxygens (including phenoxy) is 1. The Hall–Kier alpha value is -1.29. The number of nitrogens with zero attached hydrogens (tertiary/aromatic N) is 4. The minimum atomic E-state index is 0.627. The van der Waals surface area contributed by atoms with Crippen molar-refractivity contribution in [2.75, 3.05) is 31.2 Å². The first-order valence-corrected chi connectivity index (χ1v) is 10.6. The maximum atomic E-state index is 5.54. The second-order valence-electron chi connectivity index (χ2n) is 5.60. The Morgan fingerprint density at radius 2 is 2.16 bits per heavy atom. The number of halogens is 1. The van der Waals surface area contributed by atoms with Gasteiger partial charge in [-0.2, -0.15) is 0 Å². The zero-order valence-corrected chi connectivity index (χ0v) is 16.6. The molecule has 0 bridgehead atoms. The lowest BCUT2D eigenvalue weighted by Crippen LogP contribution is -2.38. The Balaban J connectivity index is 1.57. The second-order valence-corrected chi connectivity index (χ2v) is 8.83. The molecule has 0 radical (unpaired) electrons. The molecule has 6 nitrogen and oxygen atoms in total. The van der Waals surface area contributed by atoms with Crippen LogP contribution in [0.1, 0.15) is 11.3 Å². The number of hydrogen-bond acceptors (Lipinski definition) is 7. The van der Waals surface area contributed by atoms with E-state index in [1.54, 1.807) is 29.4 Å². The van der Waals surface area contributed by atoms with Crippen molar-refractivity contribution in [1.82, 2.24) is 14.8 Å². The number of furan rings is 1. The molecule has 1 saturated heterocycles. The third-order valence-electron chi connectivity index (χ3n) is 3.87. The van der Waals surface area contributed by atoms with E-state index in [0.717, 1.165) is 52.7 Å². The highest BCUT2D eigenvalue weighted by Crippen LogP contribution is 2.29. The average Bonchev–Trinajstić information content (AvgIpc) is 3.36. The van der Waals surface area contributed by atoms with E-state index in [2.05, 4.69) is 47.0 Å². The highest BCUT2D eigenvalue weighted by atomic mass is 79.9. The van der Waals surface area contributed by atoms with Crippen molar-refractivity contribution in [3.05, 3.63) is 45.0 Å². The van der Waals surface area contributed by atoms with Crippen LogP contribution >= 0.6 is 39.0 Å². The molecule has 3 aromatic rings. The molecule has 9 heteroatoms. The minimum absolute atomic E-state index is 0.627. The number of anilines is 1. The molecule has 1 aliphatic heterocycles. The van der Waals surface area contributed by atoms with Crippen LogP contribution in [0.3, 0.4) is 0 Å². The first-order valence-electron chi connectivity index (χ1n) is 7.93. The predicted molar refractivity (Wildman–Crippen MR) is 102 cm³/mol. The SMILES string of the molecule is Brc1cc(CSc2nnc(N3CCOCC3)n2Cc2ccco2)cs1. The summed E-state index contributed by atoms with van der Waals surface area (Å²) in [5.41, 5.74) is 1.28. The molecule has 1 fully saturated rings. The fourth-order valence-electron chi connectivity index (χ4n) is 2.65. The molecule has 0 spiro atoms. The number of morpholine rings is 1. The molecule has 0 aromatic carbocycles. The van der Waals surface area contributed by atoms with Crippen LogP contribution in [0.25, 0.3) is 0 Å². The normalized spacial score (nSPS) is 15.0. The van der Waals surface area contributed by atoms with Crippen molar-refractivity contribution < 1.29 is 9.15 Å². The van der Waals surface area contributed by atoms with Crippen LogP contribution in [0.5, 0.6) is 0 Å². The van der Waals surface area contributed by atoms with Crippen LogP contribution in [0.4, 0.5) is 5.95 Å². The van der Waals surface area contributed by atoms with Gasteiger partial charge in [-0.25, -0.2) is 0 Å². The fraction of sp³-hybridized carbons (Fsp3) is 0.375. The van der Waals surface area contributed by atoms with Gasteiger partial charge in [0, 0.05) is 18.8 Å². The highest BCUT2D eigenvalue weighted by Gasteiger charge is 2.21. The molecule has 0 aliphatic carbocycles. The second kappa shape index (κ2) is 7.94. The van der Waals surface area contributed by atoms with Gasteiger partial charge in [-0.15, -0.1) is 21.5 Å². The molecule has 132 valence electrons. The van der Waals surface area contributed by atoms with Crippen molar-refractivity contribution in [1.29, 1.82) is 0 Å². The lowest BCUT2D eigenvalue weighted by Gasteiger charge is -2.27. The van der Waals surface area contributed by atoms with Crippen molar-refractivity contribution in [2.24, 2.45) is 0 Å². The van der Waals surface area contributed by atoms with Gasteiger partial charge in [0.1, 0.15) is 5.76 Å². The Morgan fingerprint density at radius 1 is 1.28 bits per heavy atom. The number of hydrogen-bond donors (Lipinski definition) is 0. The lowest BCUT2D eigenvalue weighted by molar-refractivity contribution is 0.121. The summed E-state index contributed by atoms with van der Waals surface area (Å²) in [6.07, 6.45) is 1.70. The number of thioether (sulfide) groups is 1. The van der Waals surface area contributed by atoms with Gasteiger partial charge in [-0.3, -0.25) is 4.57 Å². The summed E-state index contributed by atoms with van der Waals surface area (Å²) in [4.78, 5) is 2.23. The van der Waals surface area contributed by atoms with Gasteiger partial charge in [0.15, 0.2) is 5.16 Å². The first kappa shape index (κ1) is 17.1. The highest BCUT2D eigenvalue weighted by molar-refractivity contribution is 9.11. The van der Waals surface area contributed by atoms with E-state index in [-0.39, 0.29) is 0 Å². The average molecular weight is 441 g/mol. The molecule has 0 unspecified atom stereocenters. The third-order valence-corrected chi connectivity index (χ3v) is 6.47. The summed E-state index contributed by atoms with van der Waals surface area (Å²) in [7, 11) is 0. The first-order chi connectivity index (χ1) is 12.3. The summed E-state index contributed by atoms with van der Waals surface area (Å²) in [5.74, 6) is 2.64. The molecule has 0 amide bonds. The minimum Gasteiger partial charge on any atom is -0.467 e. The van der Waals surface area contributed by atoms with E-state index in [1.807, 2.05) is 12.1 Å². The molecule has 0 saturated carbocycles. The quantitative estimate of drug-likeness (QED) is 0.542. The molecule has 3 aromatic heterocycles. The van der Waals surface area contributed by atoms with E-state index in [9.17, 15) is 0 Å². The number of aromatic nitrogens is 3. The van der Waals surface area contributed by atoms with Gasteiger partial charge < -0.3 is 14.1 Å². The summed E-state index contributed by atoms with van der Waals surface area (Å²) in [6, 6.07) is 6.03. The molecule has 0 N–H and O–H groups in total. The molecule has 1 aliphatic rings. The monoisotopic (exact) mass is 440 g/mol. The summed E-state index contributed by atoms with van der Waals surface area (Å²) < 4.78 is 14.3. The Bertz CT molecular complexity index is 812. The fourth-order valence-corrected chi connectivity index (χ4v) is 4.83. The topological polar surface area (TPSA) is 56.3 Å². The standard InChI is InChI=1S/C16H17BrN4O2S2/c17-14-8-12(10-24-14)11-25-16-19-18-15(20-3-6-22-7-4-20)21(16)9-13-2-1-5-23-13/h1-2,5,8,10H,3-4,6-7,9,11H2. The number of rotatable bonds is 6. The van der Waals surface area contributed by atoms with Crippen molar-refractivity contribution in [3.63, 3.8) is 0 Å². The van der Waals surface area contributed by atoms with E-state index in [4.69, 9.17) is 9.15 Å². The van der Waals surface area contributed by atoms with Gasteiger partial charge in [-0.05, 0) is 45.1 Å². The van der Waals surface area contributed by atoms with E-state index < -0.39 is 0 Å². The maximum absolute atomic E-state index is 5.54. The summed E-state index contributed by atoms with van der Waals surface area (Å²) in [5, 5.41) is 12.0. The van der Waals surface area contributed by atoms with E-state index in [0.29, 0.717) is 6.54 Å². The van der Waals surface area contributed by atoms with Gasteiger partial charge in [0.2, 0.25) is 5.95 Å². The molecule has 25 heavy (non-hydrogen) atoms. The summed E-state index contributed by atoms with van der Waals surface area (Å²) >= 11 is 6.91. The van der Waals surface area contributed by atoms with Gasteiger partial charge in [-0.1, -0.05) is 11.8 Å². The summed E-state index contributed by atoms with van der Waals surface area (Å²) in [6.45, 7) is 3.73. The Morgan fingerprint density at radius 3 is 2.88 bits per heavy atom. The van der Waals surface area contributed by atoms with Crippen LogP contribution in [0.2, 0.25) is 0 Å². The van der Waals surface area contributed by atoms with E-state index >= 15 is 0 Å². The molecular weight excluding hydrogens is 424 g/mol. The smallest absolute Gasteiger partial charge is 0.228 e. The molecule has 4 rings (SSSR count). The van der Waals surface area contributed by atoms with E-state index in [1.165, 1.54) is 5.56 Å². The predicted octanol–water partition coefficient (Wildman–Crippen LogP) is 3.87. The van der Waals surface area contributed by atoms with Crippen molar-refractivity contribution in [3.8, 4) is 0 Å². The zero-order valence-electron chi connectivity index (χ0n) is 13.4. The van der Waals surface area contributed by atoms with Crippen LogP contribution in [-0.4, -0.2) is 41.1 Å². The van der Waals surface area contributed by atoms with Crippen LogP contribution in [0, 0.1) is 0 Å². The van der Waals surface area contributed by atoms with Crippen LogP contribution < -0.4 is 4.90 Å². The van der Waals surface area contributed by atoms with Crippen molar-refractivity contribution >= 4 is 45.0 Å². The molecule has 4 heterocycles. The van der Waals surface area contributed by atoms with Crippen molar-refractivity contribution in [2.45, 2.75) is 17.5 Å². The Labute approximate surface area is 162 Å². The van der Waals surface area contributed by atoms with Gasteiger partial charge in [0.25, 0.3) is 0 Å². The third kappa shape index (κ3) is 4.11. The number of thiophene rings is 1. The zero-order chi connectivity index (χ0) is 17.1. The van der Waals surface area contributed by atoms with Crippen LogP contribution in [0.15, 0.2) is 43.2 Å². The maximum Gasteiger partial charge on any atom is 0.228 e. The van der Waals surface area contributed by atoms with Gasteiger partial charge in [0.05, 0.1) is 29.8 Å². The lowest BCUT2D eigenvalue weighted by atomic mass is 10.4. The Kier molecular flexibility index (Phi) is 5.45. The largest absolute Gasteiger partial charge is 0.467 e. The van der Waals surface area contributed by atoms with Gasteiger partial charge >= 0.3 is 0 Å². The molecular formula is C16H17BrN4O2S2.